The summed E-state index contributed by atoms with van der Waals surface area (Å²) in [7, 11) is 0. The lowest BCUT2D eigenvalue weighted by Crippen LogP contribution is -2.03. The first kappa shape index (κ1) is 13.7. The molecule has 0 bridgehead atoms. The minimum atomic E-state index is 0.693. The second-order valence-corrected chi connectivity index (χ2v) is 5.84. The molecule has 1 aromatic carbocycles. The molecule has 0 amide bonds. The molecule has 0 aliphatic carbocycles. The number of hydrogen-bond donors (Lipinski definition) is 1. The normalized spacial score (nSPS) is 10.6. The number of hydrogen-bond acceptors (Lipinski definition) is 5. The van der Waals surface area contributed by atoms with Crippen molar-refractivity contribution in [2.75, 3.05) is 5.32 Å². The Morgan fingerprint density at radius 1 is 1.05 bits per heavy atom. The first-order chi connectivity index (χ1) is 10.2. The van der Waals surface area contributed by atoms with E-state index in [1.54, 1.807) is 17.5 Å². The van der Waals surface area contributed by atoms with E-state index in [2.05, 4.69) is 49.9 Å². The first-order valence-electron chi connectivity index (χ1n) is 6.76. The number of aromatic nitrogens is 3. The van der Waals surface area contributed by atoms with Crippen LogP contribution >= 0.6 is 11.3 Å². The quantitative estimate of drug-likeness (QED) is 0.795. The van der Waals surface area contributed by atoms with E-state index in [4.69, 9.17) is 0 Å². The van der Waals surface area contributed by atoms with Gasteiger partial charge in [-0.1, -0.05) is 12.1 Å². The van der Waals surface area contributed by atoms with E-state index in [0.717, 1.165) is 33.5 Å². The van der Waals surface area contributed by atoms with Gasteiger partial charge in [-0.25, -0.2) is 15.0 Å². The van der Waals surface area contributed by atoms with Crippen molar-refractivity contribution in [1.29, 1.82) is 0 Å². The fourth-order valence-corrected chi connectivity index (χ4v) is 2.67. The number of nitrogens with zero attached hydrogens (tertiary/aromatic N) is 3. The van der Waals surface area contributed by atoms with Gasteiger partial charge >= 0.3 is 0 Å². The molecule has 0 fully saturated rings. The van der Waals surface area contributed by atoms with Crippen molar-refractivity contribution < 1.29 is 0 Å². The molecule has 0 aliphatic rings. The maximum atomic E-state index is 4.50. The van der Waals surface area contributed by atoms with Gasteiger partial charge in [0.2, 0.25) is 0 Å². The minimum Gasteiger partial charge on any atom is -0.379 e. The molecule has 3 rings (SSSR count). The molecule has 0 unspecified atom stereocenters. The van der Waals surface area contributed by atoms with Gasteiger partial charge in [-0.15, -0.1) is 11.3 Å². The molecule has 3 aromatic rings. The van der Waals surface area contributed by atoms with Gasteiger partial charge < -0.3 is 5.32 Å². The van der Waals surface area contributed by atoms with Crippen LogP contribution in [0.15, 0.2) is 41.9 Å². The summed E-state index contributed by atoms with van der Waals surface area (Å²) >= 11 is 1.67. The topological polar surface area (TPSA) is 50.7 Å². The Balaban J connectivity index is 1.67. The van der Waals surface area contributed by atoms with Crippen molar-refractivity contribution >= 4 is 17.0 Å². The van der Waals surface area contributed by atoms with Crippen LogP contribution < -0.4 is 5.32 Å². The number of nitrogens with one attached hydrogen (secondary N) is 1. The maximum Gasteiger partial charge on any atom is 0.125 e. The highest BCUT2D eigenvalue weighted by Crippen LogP contribution is 2.23. The van der Waals surface area contributed by atoms with Gasteiger partial charge in [-0.05, 0) is 32.0 Å². The maximum absolute atomic E-state index is 4.50. The predicted molar refractivity (Wildman–Crippen MR) is 86.4 cm³/mol. The number of benzene rings is 1. The molecular weight excluding hydrogens is 280 g/mol. The number of rotatable bonds is 4. The molecule has 106 valence electrons. The second-order valence-electron chi connectivity index (χ2n) is 4.78. The van der Waals surface area contributed by atoms with Gasteiger partial charge in [0.1, 0.15) is 5.82 Å². The SMILES string of the molecule is Cc1nccc(CNc2ccc(-c3csc(C)n3)cc2)n1. The summed E-state index contributed by atoms with van der Waals surface area (Å²) in [5.41, 5.74) is 4.24. The Hall–Kier alpha value is -2.27. The van der Waals surface area contributed by atoms with Crippen LogP contribution in [-0.2, 0) is 6.54 Å². The molecular formula is C16H16N4S. The first-order valence-corrected chi connectivity index (χ1v) is 7.63. The molecule has 0 atom stereocenters. The van der Waals surface area contributed by atoms with Gasteiger partial charge in [0, 0.05) is 22.8 Å². The van der Waals surface area contributed by atoms with Crippen LogP contribution in [0.5, 0.6) is 0 Å². The van der Waals surface area contributed by atoms with Gasteiger partial charge in [0.25, 0.3) is 0 Å². The fraction of sp³-hybridized carbons (Fsp3) is 0.188. The average molecular weight is 296 g/mol. The summed E-state index contributed by atoms with van der Waals surface area (Å²) in [4.78, 5) is 13.0. The van der Waals surface area contributed by atoms with E-state index in [0.29, 0.717) is 6.54 Å². The van der Waals surface area contributed by atoms with Crippen molar-refractivity contribution in [1.82, 2.24) is 15.0 Å². The van der Waals surface area contributed by atoms with Crippen molar-refractivity contribution in [3.8, 4) is 11.3 Å². The zero-order valence-corrected chi connectivity index (χ0v) is 12.8. The summed E-state index contributed by atoms with van der Waals surface area (Å²) in [6.45, 7) is 4.61. The van der Waals surface area contributed by atoms with Gasteiger partial charge in [-0.3, -0.25) is 0 Å². The highest BCUT2D eigenvalue weighted by molar-refractivity contribution is 7.09. The Morgan fingerprint density at radius 2 is 1.86 bits per heavy atom. The van der Waals surface area contributed by atoms with Crippen LogP contribution in [0.2, 0.25) is 0 Å². The average Bonchev–Trinajstić information content (AvgIpc) is 2.92. The zero-order chi connectivity index (χ0) is 14.7. The number of aryl methyl sites for hydroxylation is 2. The van der Waals surface area contributed by atoms with Crippen molar-refractivity contribution in [3.63, 3.8) is 0 Å². The van der Waals surface area contributed by atoms with Crippen molar-refractivity contribution in [2.45, 2.75) is 20.4 Å². The molecule has 0 spiro atoms. The summed E-state index contributed by atoms with van der Waals surface area (Å²) < 4.78 is 0. The zero-order valence-electron chi connectivity index (χ0n) is 12.0. The minimum absolute atomic E-state index is 0.693. The third kappa shape index (κ3) is 3.44. The summed E-state index contributed by atoms with van der Waals surface area (Å²) in [6.07, 6.45) is 1.78. The van der Waals surface area contributed by atoms with Crippen molar-refractivity contribution in [3.05, 3.63) is 58.4 Å². The molecule has 2 aromatic heterocycles. The van der Waals surface area contributed by atoms with Crippen LogP contribution in [0.1, 0.15) is 16.5 Å². The van der Waals surface area contributed by atoms with Crippen LogP contribution in [0.25, 0.3) is 11.3 Å². The van der Waals surface area contributed by atoms with Crippen LogP contribution in [0.3, 0.4) is 0 Å². The molecule has 0 saturated carbocycles. The number of anilines is 1. The lowest BCUT2D eigenvalue weighted by Gasteiger charge is -2.07. The van der Waals surface area contributed by atoms with E-state index in [1.165, 1.54) is 0 Å². The van der Waals surface area contributed by atoms with Gasteiger partial charge in [0.15, 0.2) is 0 Å². The van der Waals surface area contributed by atoms with E-state index in [9.17, 15) is 0 Å². The molecule has 2 heterocycles. The molecule has 5 heteroatoms. The van der Waals surface area contributed by atoms with Crippen LogP contribution in [-0.4, -0.2) is 15.0 Å². The fourth-order valence-electron chi connectivity index (χ4n) is 2.05. The predicted octanol–water partition coefficient (Wildman–Crippen LogP) is 3.83. The van der Waals surface area contributed by atoms with Crippen molar-refractivity contribution in [2.24, 2.45) is 0 Å². The van der Waals surface area contributed by atoms with Crippen LogP contribution in [0, 0.1) is 13.8 Å². The third-order valence-electron chi connectivity index (χ3n) is 3.11. The number of thiazole rings is 1. The summed E-state index contributed by atoms with van der Waals surface area (Å²) in [5.74, 6) is 0.795. The molecule has 0 aliphatic heterocycles. The summed E-state index contributed by atoms with van der Waals surface area (Å²) in [6, 6.07) is 10.2. The Bertz CT molecular complexity index is 734. The highest BCUT2D eigenvalue weighted by Gasteiger charge is 2.02. The Kier molecular flexibility index (Phi) is 3.92. The van der Waals surface area contributed by atoms with E-state index in [1.807, 2.05) is 19.9 Å². The molecule has 21 heavy (non-hydrogen) atoms. The smallest absolute Gasteiger partial charge is 0.125 e. The lowest BCUT2D eigenvalue weighted by molar-refractivity contribution is 0.955. The standard InChI is InChI=1S/C16H16N4S/c1-11-17-8-7-15(19-11)9-18-14-5-3-13(4-6-14)16-10-21-12(2)20-16/h3-8,10,18H,9H2,1-2H3. The van der Waals surface area contributed by atoms with E-state index >= 15 is 0 Å². The third-order valence-corrected chi connectivity index (χ3v) is 3.88. The highest BCUT2D eigenvalue weighted by atomic mass is 32.1. The molecule has 0 saturated heterocycles. The van der Waals surface area contributed by atoms with Crippen LogP contribution in [0.4, 0.5) is 5.69 Å². The molecule has 0 radical (unpaired) electrons. The van der Waals surface area contributed by atoms with Gasteiger partial charge in [0.05, 0.1) is 22.9 Å². The largest absolute Gasteiger partial charge is 0.379 e. The monoisotopic (exact) mass is 296 g/mol. The Labute approximate surface area is 127 Å². The molecule has 4 nitrogen and oxygen atoms in total. The summed E-state index contributed by atoms with van der Waals surface area (Å²) in [5, 5.41) is 6.54. The Morgan fingerprint density at radius 3 is 2.52 bits per heavy atom. The lowest BCUT2D eigenvalue weighted by atomic mass is 10.1. The van der Waals surface area contributed by atoms with E-state index < -0.39 is 0 Å². The second kappa shape index (κ2) is 6.01. The van der Waals surface area contributed by atoms with E-state index in [-0.39, 0.29) is 0 Å². The molecule has 1 N–H and O–H groups in total. The van der Waals surface area contributed by atoms with Gasteiger partial charge in [-0.2, -0.15) is 0 Å².